The zero-order valence-corrected chi connectivity index (χ0v) is 8.09. The van der Waals surface area contributed by atoms with Gasteiger partial charge in [-0.2, -0.15) is 5.10 Å². The first-order chi connectivity index (χ1) is 5.77. The van der Waals surface area contributed by atoms with Crippen LogP contribution in [0, 0.1) is 6.92 Å². The van der Waals surface area contributed by atoms with Crippen LogP contribution in [0.1, 0.15) is 18.3 Å². The molecule has 0 amide bonds. The van der Waals surface area contributed by atoms with Gasteiger partial charge in [0.15, 0.2) is 0 Å². The van der Waals surface area contributed by atoms with Gasteiger partial charge in [-0.3, -0.25) is 4.68 Å². The minimum Gasteiger partial charge on any atom is -0.319 e. The Balaban J connectivity index is 2.62. The number of hydrogen-bond donors (Lipinski definition) is 1. The van der Waals surface area contributed by atoms with Crippen molar-refractivity contribution in [3.63, 3.8) is 0 Å². The van der Waals surface area contributed by atoms with Crippen LogP contribution in [0.25, 0.3) is 0 Å². The molecule has 0 saturated carbocycles. The molecule has 0 radical (unpaired) electrons. The van der Waals surface area contributed by atoms with E-state index in [1.807, 2.05) is 11.7 Å². The molecule has 0 aliphatic rings. The lowest BCUT2D eigenvalue weighted by molar-refractivity contribution is 0.625. The molecule has 0 atom stereocenters. The molecule has 0 aliphatic carbocycles. The second-order valence-corrected chi connectivity index (χ2v) is 2.95. The highest BCUT2D eigenvalue weighted by Crippen LogP contribution is 2.02. The molecule has 0 bridgehead atoms. The Kier molecular flexibility index (Phi) is 3.29. The van der Waals surface area contributed by atoms with Gasteiger partial charge in [-0.25, -0.2) is 0 Å². The summed E-state index contributed by atoms with van der Waals surface area (Å²) in [5.74, 6) is 0. The monoisotopic (exact) mass is 167 g/mol. The number of nitrogens with zero attached hydrogens (tertiary/aromatic N) is 2. The molecule has 3 heteroatoms. The van der Waals surface area contributed by atoms with E-state index < -0.39 is 0 Å². The van der Waals surface area contributed by atoms with Gasteiger partial charge < -0.3 is 5.32 Å². The van der Waals surface area contributed by atoms with Crippen LogP contribution in [0.4, 0.5) is 0 Å². The first-order valence-electron chi connectivity index (χ1n) is 4.46. The van der Waals surface area contributed by atoms with Crippen molar-refractivity contribution in [3.8, 4) is 0 Å². The Labute approximate surface area is 73.8 Å². The van der Waals surface area contributed by atoms with E-state index in [1.54, 1.807) is 0 Å². The minimum atomic E-state index is 0.964. The average Bonchev–Trinajstić information content (AvgIpc) is 2.43. The number of hydrogen-bond acceptors (Lipinski definition) is 2. The van der Waals surface area contributed by atoms with E-state index in [9.17, 15) is 0 Å². The lowest BCUT2D eigenvalue weighted by Crippen LogP contribution is -2.10. The standard InChI is InChI=1S/C9H17N3/c1-4-12-8(2)7-9(11-12)5-6-10-3/h7,10H,4-6H2,1-3H3. The summed E-state index contributed by atoms with van der Waals surface area (Å²) >= 11 is 0. The highest BCUT2D eigenvalue weighted by Gasteiger charge is 2.00. The molecule has 1 heterocycles. The van der Waals surface area contributed by atoms with E-state index in [1.165, 1.54) is 11.4 Å². The summed E-state index contributed by atoms with van der Waals surface area (Å²) < 4.78 is 2.03. The van der Waals surface area contributed by atoms with Crippen LogP contribution in [0.5, 0.6) is 0 Å². The van der Waals surface area contributed by atoms with Gasteiger partial charge >= 0.3 is 0 Å². The second-order valence-electron chi connectivity index (χ2n) is 2.95. The van der Waals surface area contributed by atoms with Crippen molar-refractivity contribution >= 4 is 0 Å². The molecular formula is C9H17N3. The fourth-order valence-corrected chi connectivity index (χ4v) is 1.27. The number of rotatable bonds is 4. The number of aryl methyl sites for hydroxylation is 2. The highest BCUT2D eigenvalue weighted by atomic mass is 15.3. The SMILES string of the molecule is CCn1nc(CCNC)cc1C. The largest absolute Gasteiger partial charge is 0.319 e. The van der Waals surface area contributed by atoms with E-state index in [2.05, 4.69) is 30.3 Å². The molecule has 0 unspecified atom stereocenters. The zero-order chi connectivity index (χ0) is 8.97. The molecule has 0 aliphatic heterocycles. The lowest BCUT2D eigenvalue weighted by Gasteiger charge is -1.96. The summed E-state index contributed by atoms with van der Waals surface area (Å²) in [6, 6.07) is 2.15. The van der Waals surface area contributed by atoms with Crippen molar-refractivity contribution in [3.05, 3.63) is 17.5 Å². The van der Waals surface area contributed by atoms with Gasteiger partial charge in [0.25, 0.3) is 0 Å². The van der Waals surface area contributed by atoms with Gasteiger partial charge in [0.1, 0.15) is 0 Å². The van der Waals surface area contributed by atoms with Gasteiger partial charge in [-0.05, 0) is 27.0 Å². The van der Waals surface area contributed by atoms with Crippen molar-refractivity contribution in [2.24, 2.45) is 0 Å². The summed E-state index contributed by atoms with van der Waals surface area (Å²) in [6.07, 6.45) is 1.02. The van der Waals surface area contributed by atoms with Crippen molar-refractivity contribution < 1.29 is 0 Å². The summed E-state index contributed by atoms with van der Waals surface area (Å²) in [4.78, 5) is 0. The third-order valence-corrected chi connectivity index (χ3v) is 1.96. The van der Waals surface area contributed by atoms with E-state index in [4.69, 9.17) is 0 Å². The third-order valence-electron chi connectivity index (χ3n) is 1.96. The molecule has 0 spiro atoms. The Morgan fingerprint density at radius 3 is 2.83 bits per heavy atom. The van der Waals surface area contributed by atoms with Crippen molar-refractivity contribution in [2.45, 2.75) is 26.8 Å². The van der Waals surface area contributed by atoms with E-state index >= 15 is 0 Å². The fourth-order valence-electron chi connectivity index (χ4n) is 1.27. The van der Waals surface area contributed by atoms with Gasteiger partial charge in [0, 0.05) is 25.2 Å². The zero-order valence-electron chi connectivity index (χ0n) is 8.09. The first-order valence-corrected chi connectivity index (χ1v) is 4.46. The molecule has 3 nitrogen and oxygen atoms in total. The van der Waals surface area contributed by atoms with Gasteiger partial charge in [0.05, 0.1) is 5.69 Å². The predicted molar refractivity (Wildman–Crippen MR) is 50.3 cm³/mol. The van der Waals surface area contributed by atoms with Crippen molar-refractivity contribution in [1.82, 2.24) is 15.1 Å². The Hall–Kier alpha value is -0.830. The number of aromatic nitrogens is 2. The maximum Gasteiger partial charge on any atom is 0.0640 e. The fraction of sp³-hybridized carbons (Fsp3) is 0.667. The summed E-state index contributed by atoms with van der Waals surface area (Å²) in [5.41, 5.74) is 2.44. The van der Waals surface area contributed by atoms with E-state index in [0.717, 1.165) is 19.5 Å². The van der Waals surface area contributed by atoms with Crippen LogP contribution >= 0.6 is 0 Å². The minimum absolute atomic E-state index is 0.964. The molecule has 12 heavy (non-hydrogen) atoms. The topological polar surface area (TPSA) is 29.9 Å². The third kappa shape index (κ3) is 2.08. The maximum atomic E-state index is 4.44. The van der Waals surface area contributed by atoms with E-state index in [-0.39, 0.29) is 0 Å². The van der Waals surface area contributed by atoms with Crippen molar-refractivity contribution in [2.75, 3.05) is 13.6 Å². The predicted octanol–water partition coefficient (Wildman–Crippen LogP) is 0.973. The molecule has 1 N–H and O–H groups in total. The number of likely N-dealkylation sites (N-methyl/N-ethyl adjacent to an activating group) is 1. The summed E-state index contributed by atoms with van der Waals surface area (Å²) in [5, 5.41) is 7.56. The van der Waals surface area contributed by atoms with Crippen molar-refractivity contribution in [1.29, 1.82) is 0 Å². The van der Waals surface area contributed by atoms with Crippen LogP contribution in [-0.2, 0) is 13.0 Å². The normalized spacial score (nSPS) is 10.6. The van der Waals surface area contributed by atoms with Crippen LogP contribution < -0.4 is 5.32 Å². The van der Waals surface area contributed by atoms with Gasteiger partial charge in [0.2, 0.25) is 0 Å². The molecule has 0 fully saturated rings. The number of nitrogens with one attached hydrogen (secondary N) is 1. The first kappa shape index (κ1) is 9.26. The molecule has 1 rings (SSSR count). The quantitative estimate of drug-likeness (QED) is 0.724. The summed E-state index contributed by atoms with van der Waals surface area (Å²) in [6.45, 7) is 6.17. The Morgan fingerprint density at radius 2 is 2.33 bits per heavy atom. The Bertz CT molecular complexity index is 240. The van der Waals surface area contributed by atoms with Crippen LogP contribution in [0.3, 0.4) is 0 Å². The Morgan fingerprint density at radius 1 is 1.58 bits per heavy atom. The molecule has 0 saturated heterocycles. The van der Waals surface area contributed by atoms with Gasteiger partial charge in [-0.15, -0.1) is 0 Å². The van der Waals surface area contributed by atoms with Crippen LogP contribution in [0.2, 0.25) is 0 Å². The molecule has 1 aromatic rings. The molecular weight excluding hydrogens is 150 g/mol. The molecule has 0 aromatic carbocycles. The van der Waals surface area contributed by atoms with Gasteiger partial charge in [-0.1, -0.05) is 0 Å². The molecule has 68 valence electrons. The lowest BCUT2D eigenvalue weighted by atomic mass is 10.3. The van der Waals surface area contributed by atoms with Crippen LogP contribution in [0.15, 0.2) is 6.07 Å². The highest BCUT2D eigenvalue weighted by molar-refractivity contribution is 5.08. The smallest absolute Gasteiger partial charge is 0.0640 e. The average molecular weight is 167 g/mol. The van der Waals surface area contributed by atoms with E-state index in [0.29, 0.717) is 0 Å². The molecule has 1 aromatic heterocycles. The summed E-state index contributed by atoms with van der Waals surface area (Å²) in [7, 11) is 1.96. The maximum absolute atomic E-state index is 4.44. The van der Waals surface area contributed by atoms with Crippen LogP contribution in [-0.4, -0.2) is 23.4 Å². The second kappa shape index (κ2) is 4.26.